The van der Waals surface area contributed by atoms with Gasteiger partial charge in [-0.1, -0.05) is 42.5 Å². The Balaban J connectivity index is 1.49. The average Bonchev–Trinajstić information content (AvgIpc) is 2.70. The molecule has 0 unspecified atom stereocenters. The van der Waals surface area contributed by atoms with Crippen LogP contribution in [0.4, 0.5) is 11.4 Å². The van der Waals surface area contributed by atoms with Gasteiger partial charge in [-0.15, -0.1) is 0 Å². The summed E-state index contributed by atoms with van der Waals surface area (Å²) in [5.74, 6) is -0.294. The number of carbonyl (C=O) groups excluding carboxylic acids is 2. The minimum Gasteiger partial charge on any atom is -0.375 e. The number of carbonyl (C=O) groups is 2. The molecule has 3 rings (SSSR count). The number of halogens is 2. The first-order valence-electron chi connectivity index (χ1n) is 9.41. The molecule has 2 aromatic carbocycles. The second-order valence-corrected chi connectivity index (χ2v) is 7.76. The minimum atomic E-state index is -0.226. The third-order valence-corrected chi connectivity index (χ3v) is 5.30. The molecule has 2 aromatic rings. The molecule has 2 amide bonds. The number of benzene rings is 2. The van der Waals surface area contributed by atoms with Crippen LogP contribution in [0.2, 0.25) is 10.0 Å². The number of hydrogen-bond acceptors (Lipinski definition) is 3. The van der Waals surface area contributed by atoms with Crippen LogP contribution in [0.5, 0.6) is 0 Å². The van der Waals surface area contributed by atoms with E-state index in [1.807, 2.05) is 0 Å². The highest BCUT2D eigenvalue weighted by Crippen LogP contribution is 2.25. The molecule has 0 saturated heterocycles. The van der Waals surface area contributed by atoms with E-state index in [2.05, 4.69) is 16.0 Å². The molecule has 3 N–H and O–H groups in total. The molecule has 1 aliphatic carbocycles. The van der Waals surface area contributed by atoms with Gasteiger partial charge in [-0.05, 0) is 55.3 Å². The Bertz CT molecular complexity index is 834. The molecule has 7 heteroatoms. The second-order valence-electron chi connectivity index (χ2n) is 6.91. The van der Waals surface area contributed by atoms with E-state index in [1.54, 1.807) is 42.5 Å². The van der Waals surface area contributed by atoms with Crippen LogP contribution in [0.15, 0.2) is 42.5 Å². The van der Waals surface area contributed by atoms with E-state index in [4.69, 9.17) is 23.2 Å². The van der Waals surface area contributed by atoms with Crippen LogP contribution in [0, 0.1) is 0 Å². The molecular weight excluding hydrogens is 397 g/mol. The van der Waals surface area contributed by atoms with Gasteiger partial charge in [0, 0.05) is 22.3 Å². The first-order valence-corrected chi connectivity index (χ1v) is 10.2. The topological polar surface area (TPSA) is 70.2 Å². The molecule has 0 aromatic heterocycles. The number of hydrogen-bond donors (Lipinski definition) is 3. The predicted molar refractivity (Wildman–Crippen MR) is 114 cm³/mol. The van der Waals surface area contributed by atoms with Crippen molar-refractivity contribution in [2.24, 2.45) is 0 Å². The van der Waals surface area contributed by atoms with Gasteiger partial charge in [-0.2, -0.15) is 0 Å². The monoisotopic (exact) mass is 419 g/mol. The largest absolute Gasteiger partial charge is 0.375 e. The standard InChI is InChI=1S/C21H23Cl2N3O2/c22-15-8-11-18(23)19(12-15)24-13-20(27)25-17-9-6-14(7-10-17)21(28)26-16-4-2-1-3-5-16/h6-12,16,24H,1-5,13H2,(H,25,27)(H,26,28). The van der Waals surface area contributed by atoms with Crippen molar-refractivity contribution in [3.63, 3.8) is 0 Å². The Hall–Kier alpha value is -2.24. The lowest BCUT2D eigenvalue weighted by molar-refractivity contribution is -0.114. The molecule has 28 heavy (non-hydrogen) atoms. The van der Waals surface area contributed by atoms with E-state index in [0.29, 0.717) is 27.0 Å². The van der Waals surface area contributed by atoms with Crippen LogP contribution in [0.1, 0.15) is 42.5 Å². The van der Waals surface area contributed by atoms with Crippen molar-refractivity contribution in [1.82, 2.24) is 5.32 Å². The fourth-order valence-electron chi connectivity index (χ4n) is 3.23. The van der Waals surface area contributed by atoms with E-state index in [9.17, 15) is 9.59 Å². The average molecular weight is 420 g/mol. The van der Waals surface area contributed by atoms with Crippen LogP contribution >= 0.6 is 23.2 Å². The highest BCUT2D eigenvalue weighted by atomic mass is 35.5. The van der Waals surface area contributed by atoms with Gasteiger partial charge < -0.3 is 16.0 Å². The zero-order valence-corrected chi connectivity index (χ0v) is 16.9. The van der Waals surface area contributed by atoms with Gasteiger partial charge in [0.15, 0.2) is 0 Å². The SMILES string of the molecule is O=C(CNc1cc(Cl)ccc1Cl)Nc1ccc(C(=O)NC2CCCCC2)cc1. The highest BCUT2D eigenvalue weighted by Gasteiger charge is 2.16. The molecule has 1 fully saturated rings. The Labute approximate surface area is 174 Å². The summed E-state index contributed by atoms with van der Waals surface area (Å²) in [6, 6.07) is 12.2. The Morgan fingerprint density at radius 2 is 1.68 bits per heavy atom. The molecule has 0 radical (unpaired) electrons. The first kappa shape index (κ1) is 20.5. The van der Waals surface area contributed by atoms with Gasteiger partial charge >= 0.3 is 0 Å². The van der Waals surface area contributed by atoms with Gasteiger partial charge in [0.1, 0.15) is 0 Å². The fourth-order valence-corrected chi connectivity index (χ4v) is 3.59. The van der Waals surface area contributed by atoms with E-state index in [1.165, 1.54) is 19.3 Å². The van der Waals surface area contributed by atoms with Gasteiger partial charge in [0.2, 0.25) is 5.91 Å². The number of amides is 2. The minimum absolute atomic E-state index is 0.0456. The summed E-state index contributed by atoms with van der Waals surface area (Å²) in [5, 5.41) is 9.85. The molecule has 0 atom stereocenters. The van der Waals surface area contributed by atoms with Crippen molar-refractivity contribution in [2.45, 2.75) is 38.1 Å². The number of anilines is 2. The highest BCUT2D eigenvalue weighted by molar-refractivity contribution is 6.35. The van der Waals surface area contributed by atoms with Crippen LogP contribution in [-0.4, -0.2) is 24.4 Å². The van der Waals surface area contributed by atoms with E-state index < -0.39 is 0 Å². The zero-order chi connectivity index (χ0) is 19.9. The Morgan fingerprint density at radius 1 is 0.964 bits per heavy atom. The second kappa shape index (κ2) is 9.80. The lowest BCUT2D eigenvalue weighted by Crippen LogP contribution is -2.36. The van der Waals surface area contributed by atoms with Crippen LogP contribution in [0.3, 0.4) is 0 Å². The first-order chi connectivity index (χ1) is 13.5. The third-order valence-electron chi connectivity index (χ3n) is 4.74. The quantitative estimate of drug-likeness (QED) is 0.609. The Morgan fingerprint density at radius 3 is 2.39 bits per heavy atom. The van der Waals surface area contributed by atoms with Gasteiger partial charge in [-0.3, -0.25) is 9.59 Å². The molecule has 5 nitrogen and oxygen atoms in total. The smallest absolute Gasteiger partial charge is 0.251 e. The van der Waals surface area contributed by atoms with Gasteiger partial charge in [0.05, 0.1) is 17.3 Å². The fraction of sp³-hybridized carbons (Fsp3) is 0.333. The maximum absolute atomic E-state index is 12.3. The summed E-state index contributed by atoms with van der Waals surface area (Å²) in [4.78, 5) is 24.5. The van der Waals surface area contributed by atoms with E-state index in [-0.39, 0.29) is 24.4 Å². The van der Waals surface area contributed by atoms with Crippen molar-refractivity contribution in [3.8, 4) is 0 Å². The van der Waals surface area contributed by atoms with Crippen molar-refractivity contribution < 1.29 is 9.59 Å². The lowest BCUT2D eigenvalue weighted by atomic mass is 9.95. The molecular formula is C21H23Cl2N3O2. The summed E-state index contributed by atoms with van der Waals surface area (Å²) < 4.78 is 0. The van der Waals surface area contributed by atoms with Crippen molar-refractivity contribution >= 4 is 46.4 Å². The Kier molecular flexibility index (Phi) is 7.18. The molecule has 148 valence electrons. The number of rotatable bonds is 6. The lowest BCUT2D eigenvalue weighted by Gasteiger charge is -2.22. The summed E-state index contributed by atoms with van der Waals surface area (Å²) in [7, 11) is 0. The maximum Gasteiger partial charge on any atom is 0.251 e. The van der Waals surface area contributed by atoms with E-state index >= 15 is 0 Å². The molecule has 0 spiro atoms. The van der Waals surface area contributed by atoms with Crippen LogP contribution < -0.4 is 16.0 Å². The molecule has 0 heterocycles. The third kappa shape index (κ3) is 5.88. The summed E-state index contributed by atoms with van der Waals surface area (Å²) in [6.07, 6.45) is 5.68. The van der Waals surface area contributed by atoms with E-state index in [0.717, 1.165) is 12.8 Å². The van der Waals surface area contributed by atoms with Gasteiger partial charge in [-0.25, -0.2) is 0 Å². The summed E-state index contributed by atoms with van der Waals surface area (Å²) in [6.45, 7) is 0.0456. The molecule has 0 bridgehead atoms. The van der Waals surface area contributed by atoms with Crippen molar-refractivity contribution in [3.05, 3.63) is 58.1 Å². The van der Waals surface area contributed by atoms with Crippen LogP contribution in [0.25, 0.3) is 0 Å². The molecule has 0 aliphatic heterocycles. The van der Waals surface area contributed by atoms with Crippen molar-refractivity contribution in [2.75, 3.05) is 17.2 Å². The summed E-state index contributed by atoms with van der Waals surface area (Å²) >= 11 is 12.0. The molecule has 1 aliphatic rings. The maximum atomic E-state index is 12.3. The zero-order valence-electron chi connectivity index (χ0n) is 15.4. The normalized spacial score (nSPS) is 14.4. The van der Waals surface area contributed by atoms with Gasteiger partial charge in [0.25, 0.3) is 5.91 Å². The number of nitrogens with one attached hydrogen (secondary N) is 3. The van der Waals surface area contributed by atoms with Crippen LogP contribution in [-0.2, 0) is 4.79 Å². The van der Waals surface area contributed by atoms with Crippen molar-refractivity contribution in [1.29, 1.82) is 0 Å². The molecule has 1 saturated carbocycles. The predicted octanol–water partition coefficient (Wildman–Crippen LogP) is 5.11. The summed E-state index contributed by atoms with van der Waals surface area (Å²) in [5.41, 5.74) is 1.81.